The van der Waals surface area contributed by atoms with Gasteiger partial charge in [-0.2, -0.15) is 0 Å². The van der Waals surface area contributed by atoms with Gasteiger partial charge in [0.15, 0.2) is 0 Å². The fourth-order valence-corrected chi connectivity index (χ4v) is 1.02. The molecule has 0 radical (unpaired) electrons. The van der Waals surface area contributed by atoms with Crippen LogP contribution < -0.4 is 0 Å². The van der Waals surface area contributed by atoms with Crippen LogP contribution in [0.1, 0.15) is 54.9 Å². The molecule has 0 unspecified atom stereocenters. The van der Waals surface area contributed by atoms with Gasteiger partial charge in [-0.25, -0.2) is 0 Å². The van der Waals surface area contributed by atoms with Crippen molar-refractivity contribution in [2.45, 2.75) is 59.2 Å². The largest absolute Gasteiger partial charge is 0.299 e. The second-order valence-corrected chi connectivity index (χ2v) is 8.19. The van der Waals surface area contributed by atoms with Crippen molar-refractivity contribution in [2.75, 3.05) is 0 Å². The normalized spacial score (nSPS) is 14.3. The minimum Gasteiger partial charge on any atom is -0.299 e. The highest BCUT2D eigenvalue weighted by Gasteiger charge is 2.38. The number of Topliss-reactive ketones (excluding diaryl/α,β-unsaturated/α-hetero) is 1. The Morgan fingerprint density at radius 1 is 1.00 bits per heavy atom. The molecule has 0 saturated carbocycles. The number of alkyl halides is 1. The maximum Gasteiger partial charge on any atom is 0.138 e. The lowest BCUT2D eigenvalue weighted by molar-refractivity contribution is -0.128. The van der Waals surface area contributed by atoms with Crippen LogP contribution in [0.5, 0.6) is 0 Å². The monoisotopic (exact) mass is 262 g/mol. The number of carbonyl (C=O) groups is 1. The average Bonchev–Trinajstić information content (AvgIpc) is 1.80. The van der Waals surface area contributed by atoms with Gasteiger partial charge in [0.25, 0.3) is 0 Å². The second kappa shape index (κ2) is 3.96. The highest BCUT2D eigenvalue weighted by molar-refractivity contribution is 9.10. The van der Waals surface area contributed by atoms with Gasteiger partial charge in [0.05, 0.1) is 0 Å². The number of hydrogen-bond acceptors (Lipinski definition) is 1. The van der Waals surface area contributed by atoms with Gasteiger partial charge >= 0.3 is 0 Å². The molecule has 0 saturated heterocycles. The van der Waals surface area contributed by atoms with Crippen molar-refractivity contribution in [2.24, 2.45) is 10.8 Å². The number of halogens is 1. The molecule has 0 fully saturated rings. The van der Waals surface area contributed by atoms with Crippen molar-refractivity contribution in [3.63, 3.8) is 0 Å². The summed E-state index contributed by atoms with van der Waals surface area (Å²) in [6.07, 6.45) is 0.620. The average molecular weight is 263 g/mol. The van der Waals surface area contributed by atoms with E-state index in [2.05, 4.69) is 43.6 Å². The van der Waals surface area contributed by atoms with Crippen molar-refractivity contribution in [3.05, 3.63) is 0 Å². The maximum atomic E-state index is 11.9. The fraction of sp³-hybridized carbons (Fsp3) is 0.917. The Hall–Kier alpha value is 0.150. The Morgan fingerprint density at radius 2 is 1.36 bits per heavy atom. The SMILES string of the molecule is CC(C)(C)C(=O)CC(C)(C)C(C)(C)Br. The van der Waals surface area contributed by atoms with Gasteiger partial charge in [0, 0.05) is 16.2 Å². The summed E-state index contributed by atoms with van der Waals surface area (Å²) >= 11 is 3.64. The second-order valence-electron chi connectivity index (χ2n) is 6.21. The minimum atomic E-state index is -0.227. The summed E-state index contributed by atoms with van der Waals surface area (Å²) in [6, 6.07) is 0. The van der Waals surface area contributed by atoms with Crippen molar-refractivity contribution in [1.29, 1.82) is 0 Å². The van der Waals surface area contributed by atoms with Gasteiger partial charge in [0.2, 0.25) is 0 Å². The topological polar surface area (TPSA) is 17.1 Å². The number of hydrogen-bond donors (Lipinski definition) is 0. The predicted octanol–water partition coefficient (Wildman–Crippen LogP) is 4.19. The van der Waals surface area contributed by atoms with Crippen LogP contribution in [0, 0.1) is 10.8 Å². The Morgan fingerprint density at radius 3 is 1.57 bits per heavy atom. The van der Waals surface area contributed by atoms with Crippen LogP contribution in [0.4, 0.5) is 0 Å². The Kier molecular flexibility index (Phi) is 4.00. The van der Waals surface area contributed by atoms with E-state index in [9.17, 15) is 4.79 Å². The van der Waals surface area contributed by atoms with E-state index >= 15 is 0 Å². The van der Waals surface area contributed by atoms with E-state index in [0.29, 0.717) is 12.2 Å². The molecule has 0 atom stereocenters. The lowest BCUT2D eigenvalue weighted by Crippen LogP contribution is -2.37. The van der Waals surface area contributed by atoms with Crippen molar-refractivity contribution in [3.8, 4) is 0 Å². The number of carbonyl (C=O) groups excluding carboxylic acids is 1. The molecule has 0 aromatic heterocycles. The van der Waals surface area contributed by atoms with Crippen molar-refractivity contribution >= 4 is 21.7 Å². The van der Waals surface area contributed by atoms with Gasteiger partial charge in [-0.3, -0.25) is 4.79 Å². The van der Waals surface area contributed by atoms with Gasteiger partial charge in [-0.1, -0.05) is 50.5 Å². The molecular formula is C12H23BrO. The van der Waals surface area contributed by atoms with Crippen LogP contribution in [-0.4, -0.2) is 10.1 Å². The first-order chi connectivity index (χ1) is 5.88. The first-order valence-electron chi connectivity index (χ1n) is 5.10. The lowest BCUT2D eigenvalue weighted by atomic mass is 9.73. The van der Waals surface area contributed by atoms with Crippen molar-refractivity contribution in [1.82, 2.24) is 0 Å². The Balaban J connectivity index is 4.62. The quantitative estimate of drug-likeness (QED) is 0.698. The third-order valence-corrected chi connectivity index (χ3v) is 4.12. The maximum absolute atomic E-state index is 11.9. The number of ketones is 1. The molecule has 0 rings (SSSR count). The first kappa shape index (κ1) is 14.2. The molecule has 0 amide bonds. The molecule has 0 heterocycles. The summed E-state index contributed by atoms with van der Waals surface area (Å²) in [4.78, 5) is 11.9. The van der Waals surface area contributed by atoms with Gasteiger partial charge in [-0.15, -0.1) is 0 Å². The Bertz CT molecular complexity index is 215. The fourth-order valence-electron chi connectivity index (χ4n) is 0.877. The van der Waals surface area contributed by atoms with Gasteiger partial charge in [-0.05, 0) is 19.3 Å². The summed E-state index contributed by atoms with van der Waals surface area (Å²) in [6.45, 7) is 14.4. The van der Waals surface area contributed by atoms with Crippen molar-refractivity contribution < 1.29 is 4.79 Å². The molecule has 0 N–H and O–H groups in total. The summed E-state index contributed by atoms with van der Waals surface area (Å²) in [5.41, 5.74) is -0.243. The smallest absolute Gasteiger partial charge is 0.138 e. The highest BCUT2D eigenvalue weighted by atomic mass is 79.9. The third kappa shape index (κ3) is 3.72. The van der Waals surface area contributed by atoms with Gasteiger partial charge in [0.1, 0.15) is 5.78 Å². The van der Waals surface area contributed by atoms with Crippen LogP contribution in [0.2, 0.25) is 0 Å². The molecule has 0 bridgehead atoms. The molecule has 0 aliphatic heterocycles. The van der Waals surface area contributed by atoms with Crippen LogP contribution >= 0.6 is 15.9 Å². The molecule has 84 valence electrons. The Labute approximate surface area is 96.8 Å². The number of rotatable bonds is 3. The van der Waals surface area contributed by atoms with Gasteiger partial charge < -0.3 is 0 Å². The van der Waals surface area contributed by atoms with E-state index in [-0.39, 0.29) is 15.2 Å². The summed E-state index contributed by atoms with van der Waals surface area (Å²) in [7, 11) is 0. The standard InChI is InChI=1S/C12H23BrO/c1-10(2,3)9(14)8-11(4,5)12(6,7)13/h8H2,1-7H3. The molecular weight excluding hydrogens is 240 g/mol. The van der Waals surface area contributed by atoms with E-state index in [4.69, 9.17) is 0 Å². The van der Waals surface area contributed by atoms with E-state index in [1.165, 1.54) is 0 Å². The van der Waals surface area contributed by atoms with E-state index in [0.717, 1.165) is 0 Å². The van der Waals surface area contributed by atoms with E-state index < -0.39 is 0 Å². The first-order valence-corrected chi connectivity index (χ1v) is 5.89. The molecule has 0 aromatic rings. The van der Waals surface area contributed by atoms with Crippen LogP contribution in [-0.2, 0) is 4.79 Å². The summed E-state index contributed by atoms with van der Waals surface area (Å²) in [5, 5.41) is 0. The molecule has 2 heteroatoms. The third-order valence-electron chi connectivity index (χ3n) is 3.05. The predicted molar refractivity (Wildman–Crippen MR) is 65.9 cm³/mol. The highest BCUT2D eigenvalue weighted by Crippen LogP contribution is 2.42. The summed E-state index contributed by atoms with van der Waals surface area (Å²) < 4.78 is -0.0130. The molecule has 14 heavy (non-hydrogen) atoms. The molecule has 0 spiro atoms. The molecule has 0 aromatic carbocycles. The van der Waals surface area contributed by atoms with Crippen LogP contribution in [0.15, 0.2) is 0 Å². The minimum absolute atomic E-state index is 0.0130. The van der Waals surface area contributed by atoms with E-state index in [1.807, 2.05) is 20.8 Å². The molecule has 0 aliphatic rings. The zero-order chi connectivity index (χ0) is 11.8. The lowest BCUT2D eigenvalue weighted by Gasteiger charge is -2.38. The summed E-state index contributed by atoms with van der Waals surface area (Å²) in [5.74, 6) is 0.329. The molecule has 0 aliphatic carbocycles. The van der Waals surface area contributed by atoms with Crippen LogP contribution in [0.25, 0.3) is 0 Å². The zero-order valence-corrected chi connectivity index (χ0v) is 12.1. The van der Waals surface area contributed by atoms with Crippen LogP contribution in [0.3, 0.4) is 0 Å². The zero-order valence-electron chi connectivity index (χ0n) is 10.5. The molecule has 1 nitrogen and oxygen atoms in total. The van der Waals surface area contributed by atoms with E-state index in [1.54, 1.807) is 0 Å².